The summed E-state index contributed by atoms with van der Waals surface area (Å²) in [5, 5.41) is 0. The van der Waals surface area contributed by atoms with Gasteiger partial charge in [0.25, 0.3) is 0 Å². The highest BCUT2D eigenvalue weighted by Gasteiger charge is 2.07. The van der Waals surface area contributed by atoms with Crippen LogP contribution >= 0.6 is 0 Å². The molecule has 0 aliphatic carbocycles. The van der Waals surface area contributed by atoms with Crippen molar-refractivity contribution in [3.05, 3.63) is 121 Å². The van der Waals surface area contributed by atoms with Gasteiger partial charge in [-0.3, -0.25) is 0 Å². The van der Waals surface area contributed by atoms with Crippen LogP contribution in [0.2, 0.25) is 0 Å². The molecule has 0 unspecified atom stereocenters. The number of hydrogen-bond acceptors (Lipinski definition) is 6. The van der Waals surface area contributed by atoms with Crippen LogP contribution in [0.4, 0.5) is 11.4 Å². The van der Waals surface area contributed by atoms with E-state index in [4.69, 9.17) is 30.4 Å². The van der Waals surface area contributed by atoms with Crippen molar-refractivity contribution in [1.82, 2.24) is 0 Å². The van der Waals surface area contributed by atoms with Gasteiger partial charge >= 0.3 is 0 Å². The molecule has 0 saturated heterocycles. The van der Waals surface area contributed by atoms with Gasteiger partial charge in [-0.1, -0.05) is 36.4 Å². The van der Waals surface area contributed by atoms with Gasteiger partial charge < -0.3 is 30.4 Å². The van der Waals surface area contributed by atoms with E-state index in [0.29, 0.717) is 45.9 Å². The van der Waals surface area contributed by atoms with E-state index >= 15 is 0 Å². The van der Waals surface area contributed by atoms with Gasteiger partial charge in [-0.05, 0) is 48.5 Å². The third-order valence-electron chi connectivity index (χ3n) is 5.06. The highest BCUT2D eigenvalue weighted by molar-refractivity contribution is 5.54. The van der Waals surface area contributed by atoms with Gasteiger partial charge in [0, 0.05) is 47.8 Å². The van der Waals surface area contributed by atoms with Gasteiger partial charge in [0.1, 0.15) is 46.0 Å². The first kappa shape index (κ1) is 22.7. The van der Waals surface area contributed by atoms with E-state index in [1.54, 1.807) is 36.4 Å². The maximum atomic E-state index is 6.05. The van der Waals surface area contributed by atoms with E-state index < -0.39 is 0 Å². The Kier molecular flexibility index (Phi) is 6.58. The average molecular weight is 477 g/mol. The number of rotatable bonds is 8. The minimum Gasteiger partial charge on any atom is -0.457 e. The third kappa shape index (κ3) is 6.07. The van der Waals surface area contributed by atoms with Gasteiger partial charge in [-0.15, -0.1) is 0 Å². The molecule has 0 radical (unpaired) electrons. The molecule has 0 bridgehead atoms. The molecule has 0 aliphatic rings. The molecule has 6 nitrogen and oxygen atoms in total. The van der Waals surface area contributed by atoms with Crippen LogP contribution in [0.1, 0.15) is 0 Å². The molecule has 0 fully saturated rings. The predicted octanol–water partition coefficient (Wildman–Crippen LogP) is 8.02. The summed E-state index contributed by atoms with van der Waals surface area (Å²) in [5.74, 6) is 4.99. The Labute approximate surface area is 209 Å². The zero-order valence-corrected chi connectivity index (χ0v) is 19.3. The normalized spacial score (nSPS) is 10.4. The summed E-state index contributed by atoms with van der Waals surface area (Å²) in [6.45, 7) is 0. The van der Waals surface area contributed by atoms with Crippen molar-refractivity contribution >= 4 is 11.4 Å². The summed E-state index contributed by atoms with van der Waals surface area (Å²) in [6.07, 6.45) is 0. The summed E-state index contributed by atoms with van der Waals surface area (Å²) in [7, 11) is 0. The molecule has 0 amide bonds. The first-order chi connectivity index (χ1) is 17.6. The second kappa shape index (κ2) is 10.4. The average Bonchev–Trinajstić information content (AvgIpc) is 2.86. The van der Waals surface area contributed by atoms with Crippen LogP contribution in [0.25, 0.3) is 0 Å². The number of nitrogens with two attached hydrogens (primary N) is 2. The van der Waals surface area contributed by atoms with Gasteiger partial charge in [-0.2, -0.15) is 0 Å². The Morgan fingerprint density at radius 3 is 0.889 bits per heavy atom. The number of ether oxygens (including phenoxy) is 4. The first-order valence-corrected chi connectivity index (χ1v) is 11.3. The van der Waals surface area contributed by atoms with E-state index in [1.165, 1.54) is 0 Å². The zero-order valence-electron chi connectivity index (χ0n) is 19.3. The summed E-state index contributed by atoms with van der Waals surface area (Å²) in [5.41, 5.74) is 13.2. The monoisotopic (exact) mass is 476 g/mol. The van der Waals surface area contributed by atoms with Crippen molar-refractivity contribution in [2.24, 2.45) is 0 Å². The Balaban J connectivity index is 1.26. The molecule has 4 N–H and O–H groups in total. The van der Waals surface area contributed by atoms with Gasteiger partial charge in [-0.25, -0.2) is 0 Å². The van der Waals surface area contributed by atoms with Crippen LogP contribution in [0.3, 0.4) is 0 Å². The van der Waals surface area contributed by atoms with Crippen molar-refractivity contribution in [2.45, 2.75) is 0 Å². The van der Waals surface area contributed by atoms with Crippen molar-refractivity contribution in [3.63, 3.8) is 0 Å². The van der Waals surface area contributed by atoms with Crippen molar-refractivity contribution in [2.75, 3.05) is 11.5 Å². The van der Waals surface area contributed by atoms with E-state index in [-0.39, 0.29) is 0 Å². The molecule has 6 heteroatoms. The lowest BCUT2D eigenvalue weighted by Gasteiger charge is -2.12. The zero-order chi connectivity index (χ0) is 24.7. The molecule has 5 rings (SSSR count). The summed E-state index contributed by atoms with van der Waals surface area (Å²) >= 11 is 0. The van der Waals surface area contributed by atoms with Crippen molar-refractivity contribution < 1.29 is 18.9 Å². The van der Waals surface area contributed by atoms with Crippen molar-refractivity contribution in [1.29, 1.82) is 0 Å². The van der Waals surface area contributed by atoms with Gasteiger partial charge in [0.2, 0.25) is 0 Å². The standard InChI is InChI=1S/C30H24N2O4/c31-21-15-27(33-23-7-3-1-4-8-23)19-29(17-21)35-25-11-13-26(14-12-25)36-30-18-22(32)16-28(20-30)34-24-9-5-2-6-10-24/h1-20H,31-32H2. The molecule has 0 heterocycles. The fraction of sp³-hybridized carbons (Fsp3) is 0. The first-order valence-electron chi connectivity index (χ1n) is 11.3. The van der Waals surface area contributed by atoms with Crippen LogP contribution in [-0.2, 0) is 0 Å². The van der Waals surface area contributed by atoms with E-state index in [1.807, 2.05) is 84.9 Å². The molecule has 0 aliphatic heterocycles. The van der Waals surface area contributed by atoms with E-state index in [0.717, 1.165) is 11.5 Å². The molecule has 178 valence electrons. The maximum absolute atomic E-state index is 6.05. The van der Waals surface area contributed by atoms with Crippen LogP contribution in [-0.4, -0.2) is 0 Å². The number of para-hydroxylation sites is 2. The topological polar surface area (TPSA) is 89.0 Å². The van der Waals surface area contributed by atoms with Crippen LogP contribution in [0.5, 0.6) is 46.0 Å². The number of benzene rings is 5. The number of nitrogen functional groups attached to an aromatic ring is 2. The lowest BCUT2D eigenvalue weighted by molar-refractivity contribution is 0.453. The van der Waals surface area contributed by atoms with E-state index in [2.05, 4.69) is 0 Å². The molecule has 36 heavy (non-hydrogen) atoms. The van der Waals surface area contributed by atoms with Crippen LogP contribution in [0.15, 0.2) is 121 Å². The van der Waals surface area contributed by atoms with Gasteiger partial charge in [0.05, 0.1) is 0 Å². The molecule has 0 atom stereocenters. The lowest BCUT2D eigenvalue weighted by Crippen LogP contribution is -1.92. The Hall–Kier alpha value is -5.10. The number of anilines is 2. The quantitative estimate of drug-likeness (QED) is 0.220. The lowest BCUT2D eigenvalue weighted by atomic mass is 10.2. The van der Waals surface area contributed by atoms with Crippen molar-refractivity contribution in [3.8, 4) is 46.0 Å². The maximum Gasteiger partial charge on any atom is 0.133 e. The Morgan fingerprint density at radius 2 is 0.583 bits per heavy atom. The van der Waals surface area contributed by atoms with E-state index in [9.17, 15) is 0 Å². The molecule has 0 saturated carbocycles. The molecular formula is C30H24N2O4. The highest BCUT2D eigenvalue weighted by Crippen LogP contribution is 2.34. The molecule has 5 aromatic rings. The second-order valence-electron chi connectivity index (χ2n) is 7.98. The summed E-state index contributed by atoms with van der Waals surface area (Å²) in [4.78, 5) is 0. The SMILES string of the molecule is Nc1cc(Oc2ccccc2)cc(Oc2ccc(Oc3cc(N)cc(Oc4ccccc4)c3)cc2)c1. The highest BCUT2D eigenvalue weighted by atomic mass is 16.5. The predicted molar refractivity (Wildman–Crippen MR) is 141 cm³/mol. The molecular weight excluding hydrogens is 452 g/mol. The Morgan fingerprint density at radius 1 is 0.306 bits per heavy atom. The second-order valence-corrected chi connectivity index (χ2v) is 7.98. The van der Waals surface area contributed by atoms with Crippen LogP contribution < -0.4 is 30.4 Å². The smallest absolute Gasteiger partial charge is 0.133 e. The summed E-state index contributed by atoms with van der Waals surface area (Å²) < 4.78 is 23.7. The molecule has 5 aromatic carbocycles. The Bertz CT molecular complexity index is 1330. The minimum absolute atomic E-state index is 0.536. The summed E-state index contributed by atoms with van der Waals surface area (Å²) in [6, 6.07) is 36.8. The third-order valence-corrected chi connectivity index (χ3v) is 5.06. The largest absolute Gasteiger partial charge is 0.457 e. The molecule has 0 aromatic heterocycles. The fourth-order valence-electron chi connectivity index (χ4n) is 3.52. The van der Waals surface area contributed by atoms with Gasteiger partial charge in [0.15, 0.2) is 0 Å². The number of hydrogen-bond donors (Lipinski definition) is 2. The fourth-order valence-corrected chi connectivity index (χ4v) is 3.52. The minimum atomic E-state index is 0.536. The molecule has 0 spiro atoms. The van der Waals surface area contributed by atoms with Crippen LogP contribution in [0, 0.1) is 0 Å².